The smallest absolute Gasteiger partial charge is 0.321 e. The molecule has 1 saturated heterocycles. The predicted molar refractivity (Wildman–Crippen MR) is 84.2 cm³/mol. The minimum absolute atomic E-state index is 0.0104. The number of amides is 3. The molecule has 2 N–H and O–H groups in total. The summed E-state index contributed by atoms with van der Waals surface area (Å²) in [5.41, 5.74) is 1.32. The summed E-state index contributed by atoms with van der Waals surface area (Å²) in [4.78, 5) is 25.5. The number of likely N-dealkylation sites (tertiary alicyclic amines) is 1. The second-order valence-electron chi connectivity index (χ2n) is 5.73. The van der Waals surface area contributed by atoms with Gasteiger partial charge in [-0.15, -0.1) is 0 Å². The van der Waals surface area contributed by atoms with E-state index in [1.807, 2.05) is 4.90 Å². The van der Waals surface area contributed by atoms with Crippen molar-refractivity contribution in [3.8, 4) is 5.75 Å². The van der Waals surface area contributed by atoms with Crippen LogP contribution in [0.2, 0.25) is 0 Å². The molecule has 2 aliphatic rings. The van der Waals surface area contributed by atoms with Crippen LogP contribution < -0.4 is 15.4 Å². The van der Waals surface area contributed by atoms with E-state index in [1.54, 1.807) is 18.2 Å². The summed E-state index contributed by atoms with van der Waals surface area (Å²) in [6.07, 6.45) is 5.77. The minimum atomic E-state index is -0.162. The van der Waals surface area contributed by atoms with Crippen molar-refractivity contribution in [1.29, 1.82) is 0 Å². The van der Waals surface area contributed by atoms with Crippen LogP contribution in [0.15, 0.2) is 18.2 Å². The summed E-state index contributed by atoms with van der Waals surface area (Å²) in [5.74, 6) is 0.426. The van der Waals surface area contributed by atoms with Crippen LogP contribution in [-0.2, 0) is 4.79 Å². The molecule has 0 radical (unpaired) electrons. The quantitative estimate of drug-likeness (QED) is 0.838. The second kappa shape index (κ2) is 6.68. The fraction of sp³-hybridized carbons (Fsp3) is 0.500. The van der Waals surface area contributed by atoms with Gasteiger partial charge in [0, 0.05) is 24.8 Å². The summed E-state index contributed by atoms with van der Waals surface area (Å²) in [6.45, 7) is 1.63. The van der Waals surface area contributed by atoms with Gasteiger partial charge in [0.2, 0.25) is 0 Å². The molecular weight excluding hydrogens is 282 g/mol. The fourth-order valence-corrected chi connectivity index (χ4v) is 2.81. The van der Waals surface area contributed by atoms with Gasteiger partial charge in [0.25, 0.3) is 5.91 Å². The zero-order valence-electron chi connectivity index (χ0n) is 12.6. The topological polar surface area (TPSA) is 70.7 Å². The van der Waals surface area contributed by atoms with E-state index in [0.717, 1.165) is 25.9 Å². The second-order valence-corrected chi connectivity index (χ2v) is 5.73. The summed E-state index contributed by atoms with van der Waals surface area (Å²) >= 11 is 0. The van der Waals surface area contributed by atoms with E-state index in [0.29, 0.717) is 17.1 Å². The summed E-state index contributed by atoms with van der Waals surface area (Å²) in [5, 5.41) is 5.65. The molecule has 0 spiro atoms. The van der Waals surface area contributed by atoms with Gasteiger partial charge in [-0.25, -0.2) is 4.79 Å². The van der Waals surface area contributed by atoms with E-state index < -0.39 is 0 Å². The van der Waals surface area contributed by atoms with Crippen molar-refractivity contribution in [2.45, 2.75) is 32.1 Å². The van der Waals surface area contributed by atoms with E-state index in [9.17, 15) is 9.59 Å². The zero-order valence-corrected chi connectivity index (χ0v) is 12.6. The maximum absolute atomic E-state index is 12.4. The molecule has 0 aromatic heterocycles. The van der Waals surface area contributed by atoms with Gasteiger partial charge in [-0.1, -0.05) is 19.3 Å². The third kappa shape index (κ3) is 3.50. The van der Waals surface area contributed by atoms with Gasteiger partial charge < -0.3 is 20.3 Å². The Labute approximate surface area is 129 Å². The molecule has 3 rings (SSSR count). The molecule has 0 atom stereocenters. The molecule has 1 aromatic carbocycles. The van der Waals surface area contributed by atoms with Gasteiger partial charge in [0.1, 0.15) is 5.75 Å². The predicted octanol–water partition coefficient (Wildman–Crippen LogP) is 2.82. The number of fused-ring (bicyclic) bond motifs is 1. The Balaban J connectivity index is 1.64. The fourth-order valence-electron chi connectivity index (χ4n) is 2.81. The van der Waals surface area contributed by atoms with Gasteiger partial charge >= 0.3 is 6.03 Å². The number of benzene rings is 1. The van der Waals surface area contributed by atoms with Crippen LogP contribution in [0.4, 0.5) is 16.2 Å². The molecule has 22 heavy (non-hydrogen) atoms. The molecule has 6 heteroatoms. The zero-order chi connectivity index (χ0) is 15.4. The lowest BCUT2D eigenvalue weighted by molar-refractivity contribution is -0.118. The average molecular weight is 303 g/mol. The van der Waals surface area contributed by atoms with Gasteiger partial charge in [0.15, 0.2) is 6.61 Å². The number of rotatable bonds is 1. The van der Waals surface area contributed by atoms with Crippen LogP contribution >= 0.6 is 0 Å². The SMILES string of the molecule is O=C1COc2cc(NC(=O)N3CCCCCCC3)ccc2N1. The van der Waals surface area contributed by atoms with Gasteiger partial charge in [-0.3, -0.25) is 4.79 Å². The number of nitrogens with zero attached hydrogens (tertiary/aromatic N) is 1. The normalized spacial score (nSPS) is 18.4. The lowest BCUT2D eigenvalue weighted by Gasteiger charge is -2.25. The number of carbonyl (C=O) groups excluding carboxylic acids is 2. The molecule has 3 amide bonds. The van der Waals surface area contributed by atoms with Crippen LogP contribution in [0.5, 0.6) is 5.75 Å². The molecule has 0 saturated carbocycles. The highest BCUT2D eigenvalue weighted by Gasteiger charge is 2.18. The maximum atomic E-state index is 12.4. The van der Waals surface area contributed by atoms with Crippen LogP contribution in [0.3, 0.4) is 0 Å². The van der Waals surface area contributed by atoms with Crippen LogP contribution in [0.25, 0.3) is 0 Å². The largest absolute Gasteiger partial charge is 0.482 e. The average Bonchev–Trinajstić information content (AvgIpc) is 2.47. The number of ether oxygens (including phenoxy) is 1. The van der Waals surface area contributed by atoms with Gasteiger partial charge in [0.05, 0.1) is 5.69 Å². The van der Waals surface area contributed by atoms with Crippen LogP contribution in [-0.4, -0.2) is 36.5 Å². The Morgan fingerprint density at radius 2 is 1.86 bits per heavy atom. The number of hydrogen-bond donors (Lipinski definition) is 2. The first kappa shape index (κ1) is 14.7. The van der Waals surface area contributed by atoms with E-state index in [4.69, 9.17) is 4.74 Å². The highest BCUT2D eigenvalue weighted by molar-refractivity contribution is 5.96. The number of hydrogen-bond acceptors (Lipinski definition) is 3. The van der Waals surface area contributed by atoms with Crippen molar-refractivity contribution in [1.82, 2.24) is 4.90 Å². The molecule has 6 nitrogen and oxygen atoms in total. The maximum Gasteiger partial charge on any atom is 0.321 e. The first-order chi connectivity index (χ1) is 10.7. The Morgan fingerprint density at radius 3 is 2.64 bits per heavy atom. The van der Waals surface area contributed by atoms with Crippen molar-refractivity contribution >= 4 is 23.3 Å². The van der Waals surface area contributed by atoms with Crippen molar-refractivity contribution in [3.63, 3.8) is 0 Å². The van der Waals surface area contributed by atoms with Gasteiger partial charge in [-0.2, -0.15) is 0 Å². The molecule has 0 aliphatic carbocycles. The number of urea groups is 1. The lowest BCUT2D eigenvalue weighted by Crippen LogP contribution is -2.37. The molecular formula is C16H21N3O3. The Bertz CT molecular complexity index is 566. The standard InChI is InChI=1S/C16H21N3O3/c20-15-11-22-14-10-12(6-7-13(14)18-15)17-16(21)19-8-4-2-1-3-5-9-19/h6-7,10H,1-5,8-9,11H2,(H,17,21)(H,18,20). The number of carbonyl (C=O) groups is 2. The first-order valence-electron chi connectivity index (χ1n) is 7.85. The van der Waals surface area contributed by atoms with Crippen molar-refractivity contribution < 1.29 is 14.3 Å². The summed E-state index contributed by atoms with van der Waals surface area (Å²) < 4.78 is 5.36. The summed E-state index contributed by atoms with van der Waals surface area (Å²) in [7, 11) is 0. The van der Waals surface area contributed by atoms with Gasteiger partial charge in [-0.05, 0) is 25.0 Å². The highest BCUT2D eigenvalue weighted by Crippen LogP contribution is 2.30. The lowest BCUT2D eigenvalue weighted by atomic mass is 10.1. The molecule has 1 fully saturated rings. The molecule has 118 valence electrons. The van der Waals surface area contributed by atoms with Crippen molar-refractivity contribution in [2.75, 3.05) is 30.3 Å². The summed E-state index contributed by atoms with van der Waals surface area (Å²) in [6, 6.07) is 5.20. The molecule has 1 aromatic rings. The molecule has 0 bridgehead atoms. The number of nitrogens with one attached hydrogen (secondary N) is 2. The van der Waals surface area contributed by atoms with Crippen LogP contribution in [0.1, 0.15) is 32.1 Å². The Kier molecular flexibility index (Phi) is 4.46. The first-order valence-corrected chi connectivity index (χ1v) is 7.85. The minimum Gasteiger partial charge on any atom is -0.482 e. The Hall–Kier alpha value is -2.24. The molecule has 2 aliphatic heterocycles. The Morgan fingerprint density at radius 1 is 1.14 bits per heavy atom. The molecule has 0 unspecified atom stereocenters. The van der Waals surface area contributed by atoms with Crippen molar-refractivity contribution in [3.05, 3.63) is 18.2 Å². The highest BCUT2D eigenvalue weighted by atomic mass is 16.5. The third-order valence-corrected chi connectivity index (χ3v) is 4.01. The number of anilines is 2. The third-order valence-electron chi connectivity index (χ3n) is 4.01. The van der Waals surface area contributed by atoms with Crippen LogP contribution in [0, 0.1) is 0 Å². The van der Waals surface area contributed by atoms with Crippen molar-refractivity contribution in [2.24, 2.45) is 0 Å². The van der Waals surface area contributed by atoms with E-state index in [-0.39, 0.29) is 18.5 Å². The van der Waals surface area contributed by atoms with E-state index in [2.05, 4.69) is 10.6 Å². The van der Waals surface area contributed by atoms with E-state index >= 15 is 0 Å². The molecule has 2 heterocycles. The monoisotopic (exact) mass is 303 g/mol. The van der Waals surface area contributed by atoms with E-state index in [1.165, 1.54) is 19.3 Å².